The molecule has 36 heavy (non-hydrogen) atoms. The number of hydrogen-bond acceptors (Lipinski definition) is 4. The van der Waals surface area contributed by atoms with E-state index < -0.39 is 18.3 Å². The van der Waals surface area contributed by atoms with Crippen LogP contribution in [-0.2, 0) is 9.31 Å². The van der Waals surface area contributed by atoms with E-state index in [2.05, 4.69) is 47.0 Å². The van der Waals surface area contributed by atoms with Crippen molar-refractivity contribution < 1.29 is 9.31 Å². The van der Waals surface area contributed by atoms with Crippen LogP contribution in [0.2, 0.25) is 0 Å². The third-order valence-corrected chi connectivity index (χ3v) is 7.53. The van der Waals surface area contributed by atoms with Gasteiger partial charge in [0.2, 0.25) is 0 Å². The Labute approximate surface area is 211 Å². The summed E-state index contributed by atoms with van der Waals surface area (Å²) in [4.78, 5) is 4.70. The molecule has 1 aliphatic heterocycles. The molecule has 2 aromatic heterocycles. The number of aromatic nitrogens is 2. The van der Waals surface area contributed by atoms with E-state index in [9.17, 15) is 5.26 Å². The zero-order valence-electron chi connectivity index (χ0n) is 20.8. The number of benzene rings is 3. The van der Waals surface area contributed by atoms with Crippen molar-refractivity contribution in [2.45, 2.75) is 38.9 Å². The molecule has 0 unspecified atom stereocenters. The fourth-order valence-corrected chi connectivity index (χ4v) is 4.80. The predicted molar refractivity (Wildman–Crippen MR) is 144 cm³/mol. The summed E-state index contributed by atoms with van der Waals surface area (Å²) in [5, 5.41) is 11.8. The molecular weight excluding hydrogens is 445 g/mol. The van der Waals surface area contributed by atoms with Crippen molar-refractivity contribution in [2.24, 2.45) is 0 Å². The SMILES string of the molecule is CC1(C)OB(c2ccc(-c3ccc4c5ccc(C#N)cc5n(-c5ccccc5)c4c3)cn2)OC1(C)C. The molecule has 176 valence electrons. The molecule has 1 aliphatic rings. The normalized spacial score (nSPS) is 16.5. The summed E-state index contributed by atoms with van der Waals surface area (Å²) in [6, 6.07) is 28.9. The van der Waals surface area contributed by atoms with Crippen LogP contribution in [0.3, 0.4) is 0 Å². The minimum atomic E-state index is -0.485. The summed E-state index contributed by atoms with van der Waals surface area (Å²) in [5.74, 6) is 0. The Morgan fingerprint density at radius 3 is 2.06 bits per heavy atom. The van der Waals surface area contributed by atoms with E-state index in [-0.39, 0.29) is 0 Å². The first kappa shape index (κ1) is 22.5. The van der Waals surface area contributed by atoms with Gasteiger partial charge in [0.25, 0.3) is 0 Å². The molecule has 5 nitrogen and oxygen atoms in total. The lowest BCUT2D eigenvalue weighted by Crippen LogP contribution is -2.41. The number of nitrogens with zero attached hydrogens (tertiary/aromatic N) is 3. The standard InChI is InChI=1S/C30H26BN3O2/c1-29(2)30(3,4)36-31(35-29)28-15-12-22(19-33-28)21-11-14-25-24-13-10-20(18-32)16-26(24)34(27(25)17-21)23-8-6-5-7-9-23/h5-17,19H,1-4H3. The van der Waals surface area contributed by atoms with Gasteiger partial charge in [-0.25, -0.2) is 0 Å². The molecule has 1 saturated heterocycles. The first-order valence-corrected chi connectivity index (χ1v) is 12.1. The second-order valence-electron chi connectivity index (χ2n) is 10.3. The lowest BCUT2D eigenvalue weighted by Gasteiger charge is -2.32. The Morgan fingerprint density at radius 2 is 1.42 bits per heavy atom. The van der Waals surface area contributed by atoms with Crippen molar-refractivity contribution in [1.29, 1.82) is 5.26 Å². The van der Waals surface area contributed by atoms with Crippen LogP contribution >= 0.6 is 0 Å². The van der Waals surface area contributed by atoms with E-state index in [1.807, 2.05) is 76.4 Å². The van der Waals surface area contributed by atoms with Crippen molar-refractivity contribution >= 4 is 34.5 Å². The molecule has 6 heteroatoms. The molecule has 0 amide bonds. The van der Waals surface area contributed by atoms with Gasteiger partial charge in [0.1, 0.15) is 0 Å². The summed E-state index contributed by atoms with van der Waals surface area (Å²) in [6.07, 6.45) is 1.88. The predicted octanol–water partition coefficient (Wildman–Crippen LogP) is 6.02. The fraction of sp³-hybridized carbons (Fsp3) is 0.200. The van der Waals surface area contributed by atoms with Crippen LogP contribution in [-0.4, -0.2) is 27.9 Å². The smallest absolute Gasteiger partial charge is 0.398 e. The van der Waals surface area contributed by atoms with Gasteiger partial charge in [0.15, 0.2) is 0 Å². The van der Waals surface area contributed by atoms with E-state index in [0.29, 0.717) is 5.56 Å². The van der Waals surface area contributed by atoms with Crippen LogP contribution in [0.15, 0.2) is 85.1 Å². The number of para-hydroxylation sites is 1. The summed E-state index contributed by atoms with van der Waals surface area (Å²) in [6.45, 7) is 8.17. The van der Waals surface area contributed by atoms with Crippen LogP contribution in [0, 0.1) is 11.3 Å². The topological polar surface area (TPSA) is 60.1 Å². The second-order valence-corrected chi connectivity index (χ2v) is 10.3. The average molecular weight is 471 g/mol. The Morgan fingerprint density at radius 1 is 0.778 bits per heavy atom. The zero-order chi connectivity index (χ0) is 25.1. The Hall–Kier alpha value is -3.92. The van der Waals surface area contributed by atoms with E-state index in [1.165, 1.54) is 0 Å². The number of fused-ring (bicyclic) bond motifs is 3. The van der Waals surface area contributed by atoms with Gasteiger partial charge >= 0.3 is 7.12 Å². The van der Waals surface area contributed by atoms with Crippen molar-refractivity contribution in [3.8, 4) is 22.9 Å². The first-order chi connectivity index (χ1) is 17.3. The molecule has 0 atom stereocenters. The van der Waals surface area contributed by atoms with Crippen molar-refractivity contribution in [2.75, 3.05) is 0 Å². The van der Waals surface area contributed by atoms with Crippen LogP contribution < -0.4 is 5.59 Å². The maximum atomic E-state index is 9.50. The molecule has 5 aromatic rings. The second kappa shape index (κ2) is 8.06. The van der Waals surface area contributed by atoms with E-state index >= 15 is 0 Å². The molecule has 0 bridgehead atoms. The molecule has 3 heterocycles. The van der Waals surface area contributed by atoms with Crippen LogP contribution in [0.1, 0.15) is 33.3 Å². The van der Waals surface area contributed by atoms with Crippen molar-refractivity contribution in [3.05, 3.63) is 90.6 Å². The molecule has 0 saturated carbocycles. The highest BCUT2D eigenvalue weighted by Crippen LogP contribution is 2.37. The highest BCUT2D eigenvalue weighted by atomic mass is 16.7. The summed E-state index contributed by atoms with van der Waals surface area (Å²) in [7, 11) is -0.485. The quantitative estimate of drug-likeness (QED) is 0.302. The summed E-state index contributed by atoms with van der Waals surface area (Å²) >= 11 is 0. The highest BCUT2D eigenvalue weighted by molar-refractivity contribution is 6.61. The zero-order valence-corrected chi connectivity index (χ0v) is 20.8. The van der Waals surface area contributed by atoms with Crippen LogP contribution in [0.25, 0.3) is 38.6 Å². The van der Waals surface area contributed by atoms with Crippen LogP contribution in [0.4, 0.5) is 0 Å². The molecule has 6 rings (SSSR count). The molecule has 0 radical (unpaired) electrons. The van der Waals surface area contributed by atoms with E-state index in [0.717, 1.165) is 44.2 Å². The molecule has 0 spiro atoms. The minimum absolute atomic E-state index is 0.403. The summed E-state index contributed by atoms with van der Waals surface area (Å²) < 4.78 is 14.5. The highest BCUT2D eigenvalue weighted by Gasteiger charge is 2.52. The number of pyridine rings is 1. The van der Waals surface area contributed by atoms with Gasteiger partial charge in [-0.1, -0.05) is 42.5 Å². The van der Waals surface area contributed by atoms with Gasteiger partial charge in [-0.05, 0) is 69.7 Å². The van der Waals surface area contributed by atoms with E-state index in [1.54, 1.807) is 0 Å². The number of nitriles is 1. The fourth-order valence-electron chi connectivity index (χ4n) is 4.80. The average Bonchev–Trinajstić information content (AvgIpc) is 3.32. The first-order valence-electron chi connectivity index (χ1n) is 12.1. The van der Waals surface area contributed by atoms with Gasteiger partial charge in [-0.3, -0.25) is 4.98 Å². The van der Waals surface area contributed by atoms with Crippen molar-refractivity contribution in [1.82, 2.24) is 9.55 Å². The van der Waals surface area contributed by atoms with Gasteiger partial charge in [0, 0.05) is 28.2 Å². The third kappa shape index (κ3) is 3.52. The Bertz CT molecular complexity index is 1630. The minimum Gasteiger partial charge on any atom is -0.398 e. The maximum absolute atomic E-state index is 9.50. The molecular formula is C30H26BN3O2. The number of rotatable bonds is 3. The van der Waals surface area contributed by atoms with Gasteiger partial charge in [-0.2, -0.15) is 5.26 Å². The maximum Gasteiger partial charge on any atom is 0.514 e. The van der Waals surface area contributed by atoms with Gasteiger partial charge in [-0.15, -0.1) is 0 Å². The van der Waals surface area contributed by atoms with Gasteiger partial charge in [0.05, 0.1) is 39.5 Å². The molecule has 0 N–H and O–H groups in total. The lowest BCUT2D eigenvalue weighted by molar-refractivity contribution is 0.00578. The van der Waals surface area contributed by atoms with E-state index in [4.69, 9.17) is 14.3 Å². The summed E-state index contributed by atoms with van der Waals surface area (Å²) in [5.41, 5.74) is 5.83. The number of hydrogen-bond donors (Lipinski definition) is 0. The molecule has 0 aliphatic carbocycles. The Balaban J connectivity index is 1.45. The van der Waals surface area contributed by atoms with Gasteiger partial charge < -0.3 is 13.9 Å². The molecule has 1 fully saturated rings. The largest absolute Gasteiger partial charge is 0.514 e. The lowest BCUT2D eigenvalue weighted by atomic mass is 9.84. The monoisotopic (exact) mass is 471 g/mol. The Kier molecular flexibility index (Phi) is 5.05. The van der Waals surface area contributed by atoms with Crippen LogP contribution in [0.5, 0.6) is 0 Å². The van der Waals surface area contributed by atoms with Crippen molar-refractivity contribution in [3.63, 3.8) is 0 Å². The third-order valence-electron chi connectivity index (χ3n) is 7.53. The molecule has 3 aromatic carbocycles.